The summed E-state index contributed by atoms with van der Waals surface area (Å²) in [5.41, 5.74) is 1.15. The molecule has 0 aromatic carbocycles. The summed E-state index contributed by atoms with van der Waals surface area (Å²) in [6, 6.07) is 1.19. The Bertz CT molecular complexity index is 349. The van der Waals surface area contributed by atoms with Gasteiger partial charge in [0.25, 0.3) is 0 Å². The first-order chi connectivity index (χ1) is 7.84. The number of hydrogen-bond donors (Lipinski definition) is 1. The molecule has 1 N–H and O–H groups in total. The van der Waals surface area contributed by atoms with Crippen LogP contribution >= 0.6 is 0 Å². The Morgan fingerprint density at radius 1 is 1.31 bits per heavy atom. The molecule has 1 aliphatic carbocycles. The van der Waals surface area contributed by atoms with Crippen LogP contribution in [-0.4, -0.2) is 35.1 Å². The summed E-state index contributed by atoms with van der Waals surface area (Å²) in [5, 5.41) is 3.65. The summed E-state index contributed by atoms with van der Waals surface area (Å²) in [4.78, 5) is 10.6. The van der Waals surface area contributed by atoms with E-state index in [1.54, 1.807) is 6.33 Å². The first kappa shape index (κ1) is 10.0. The maximum absolute atomic E-state index is 4.11. The quantitative estimate of drug-likeness (QED) is 0.805. The molecule has 0 spiro atoms. The van der Waals surface area contributed by atoms with Crippen molar-refractivity contribution in [2.75, 3.05) is 18.0 Å². The van der Waals surface area contributed by atoms with E-state index < -0.39 is 0 Å². The van der Waals surface area contributed by atoms with Gasteiger partial charge in [0.1, 0.15) is 6.33 Å². The van der Waals surface area contributed by atoms with Gasteiger partial charge in [-0.2, -0.15) is 0 Å². The Balaban J connectivity index is 1.76. The van der Waals surface area contributed by atoms with Crippen molar-refractivity contribution in [1.29, 1.82) is 0 Å². The van der Waals surface area contributed by atoms with Crippen LogP contribution in [0.1, 0.15) is 19.8 Å². The second kappa shape index (κ2) is 4.01. The number of hydrogen-bond acceptors (Lipinski definition) is 4. The van der Waals surface area contributed by atoms with Gasteiger partial charge in [-0.25, -0.2) is 9.97 Å². The van der Waals surface area contributed by atoms with Crippen LogP contribution in [0.5, 0.6) is 0 Å². The fraction of sp³-hybridized carbons (Fsp3) is 0.667. The smallest absolute Gasteiger partial charge is 0.115 e. The largest absolute Gasteiger partial charge is 0.363 e. The highest BCUT2D eigenvalue weighted by molar-refractivity contribution is 5.43. The summed E-state index contributed by atoms with van der Waals surface area (Å²) in [5.74, 6) is 0.902. The Hall–Kier alpha value is -1.16. The molecule has 16 heavy (non-hydrogen) atoms. The van der Waals surface area contributed by atoms with Crippen molar-refractivity contribution in [3.05, 3.63) is 18.7 Å². The van der Waals surface area contributed by atoms with Gasteiger partial charge in [-0.1, -0.05) is 0 Å². The van der Waals surface area contributed by atoms with E-state index in [4.69, 9.17) is 0 Å². The van der Waals surface area contributed by atoms with Gasteiger partial charge >= 0.3 is 0 Å². The second-order valence-electron chi connectivity index (χ2n) is 4.95. The summed E-state index contributed by atoms with van der Waals surface area (Å²) >= 11 is 0. The Morgan fingerprint density at radius 2 is 2.06 bits per heavy atom. The minimum atomic E-state index is 0.529. The van der Waals surface area contributed by atoms with E-state index in [1.165, 1.54) is 12.8 Å². The van der Waals surface area contributed by atoms with Gasteiger partial charge in [0, 0.05) is 25.2 Å². The van der Waals surface area contributed by atoms with Crippen LogP contribution < -0.4 is 10.2 Å². The fourth-order valence-corrected chi connectivity index (χ4v) is 2.50. The van der Waals surface area contributed by atoms with E-state index in [-0.39, 0.29) is 0 Å². The van der Waals surface area contributed by atoms with Crippen LogP contribution in [0.15, 0.2) is 18.7 Å². The molecule has 1 saturated heterocycles. The monoisotopic (exact) mass is 218 g/mol. The number of piperazine rings is 1. The average Bonchev–Trinajstić information content (AvgIpc) is 3.15. The molecule has 86 valence electrons. The molecule has 4 heteroatoms. The van der Waals surface area contributed by atoms with Crippen molar-refractivity contribution in [1.82, 2.24) is 15.3 Å². The summed E-state index contributed by atoms with van der Waals surface area (Å²) in [7, 11) is 0. The summed E-state index contributed by atoms with van der Waals surface area (Å²) < 4.78 is 0. The third kappa shape index (κ3) is 1.89. The first-order valence-corrected chi connectivity index (χ1v) is 6.09. The van der Waals surface area contributed by atoms with Crippen LogP contribution in [0.3, 0.4) is 0 Å². The lowest BCUT2D eigenvalue weighted by Gasteiger charge is -2.40. The van der Waals surface area contributed by atoms with E-state index in [9.17, 15) is 0 Å². The highest BCUT2D eigenvalue weighted by atomic mass is 15.2. The minimum absolute atomic E-state index is 0.529. The standard InChI is InChI=1S/C12H18N4/c1-9-4-15-12(10-2-3-10)7-16(9)11-5-13-8-14-6-11/h5-6,8-10,12,15H,2-4,7H2,1H3. The molecule has 0 amide bonds. The van der Waals surface area contributed by atoms with Crippen LogP contribution in [0, 0.1) is 5.92 Å². The lowest BCUT2D eigenvalue weighted by Crippen LogP contribution is -2.56. The normalized spacial score (nSPS) is 30.4. The maximum Gasteiger partial charge on any atom is 0.115 e. The number of anilines is 1. The average molecular weight is 218 g/mol. The molecule has 1 aromatic rings. The van der Waals surface area contributed by atoms with Gasteiger partial charge in [0.05, 0.1) is 18.1 Å². The lowest BCUT2D eigenvalue weighted by atomic mass is 10.1. The van der Waals surface area contributed by atoms with E-state index in [0.717, 1.165) is 24.7 Å². The molecule has 2 heterocycles. The molecule has 0 radical (unpaired) electrons. The van der Waals surface area contributed by atoms with Gasteiger partial charge in [-0.3, -0.25) is 0 Å². The minimum Gasteiger partial charge on any atom is -0.363 e. The predicted molar refractivity (Wildman–Crippen MR) is 63.4 cm³/mol. The molecular formula is C12H18N4. The van der Waals surface area contributed by atoms with Gasteiger partial charge in [0.15, 0.2) is 0 Å². The van der Waals surface area contributed by atoms with E-state index in [2.05, 4.69) is 27.1 Å². The molecule has 2 fully saturated rings. The third-order valence-electron chi connectivity index (χ3n) is 3.67. The number of aromatic nitrogens is 2. The Morgan fingerprint density at radius 3 is 2.75 bits per heavy atom. The fourth-order valence-electron chi connectivity index (χ4n) is 2.50. The van der Waals surface area contributed by atoms with Crippen molar-refractivity contribution < 1.29 is 0 Å². The lowest BCUT2D eigenvalue weighted by molar-refractivity contribution is 0.375. The van der Waals surface area contributed by atoms with E-state index >= 15 is 0 Å². The molecular weight excluding hydrogens is 200 g/mol. The highest BCUT2D eigenvalue weighted by Gasteiger charge is 2.36. The molecule has 2 unspecified atom stereocenters. The van der Waals surface area contributed by atoms with Crippen LogP contribution in [0.25, 0.3) is 0 Å². The topological polar surface area (TPSA) is 41.0 Å². The van der Waals surface area contributed by atoms with Gasteiger partial charge in [-0.15, -0.1) is 0 Å². The maximum atomic E-state index is 4.11. The SMILES string of the molecule is CC1CNC(C2CC2)CN1c1cncnc1. The first-order valence-electron chi connectivity index (χ1n) is 6.09. The van der Waals surface area contributed by atoms with Gasteiger partial charge in [0.2, 0.25) is 0 Å². The van der Waals surface area contributed by atoms with Crippen molar-refractivity contribution in [3.8, 4) is 0 Å². The molecule has 3 rings (SSSR count). The second-order valence-corrected chi connectivity index (χ2v) is 4.95. The molecule has 4 nitrogen and oxygen atoms in total. The Labute approximate surface area is 96.1 Å². The molecule has 2 aliphatic rings. The summed E-state index contributed by atoms with van der Waals surface area (Å²) in [6.45, 7) is 4.42. The molecule has 1 saturated carbocycles. The zero-order chi connectivity index (χ0) is 11.0. The molecule has 0 bridgehead atoms. The molecule has 1 aromatic heterocycles. The highest BCUT2D eigenvalue weighted by Crippen LogP contribution is 2.34. The molecule has 2 atom stereocenters. The van der Waals surface area contributed by atoms with Crippen molar-refractivity contribution >= 4 is 5.69 Å². The van der Waals surface area contributed by atoms with Crippen LogP contribution in [-0.2, 0) is 0 Å². The van der Waals surface area contributed by atoms with Gasteiger partial charge in [-0.05, 0) is 25.7 Å². The predicted octanol–water partition coefficient (Wildman–Crippen LogP) is 1.05. The zero-order valence-corrected chi connectivity index (χ0v) is 9.63. The Kier molecular flexibility index (Phi) is 2.52. The van der Waals surface area contributed by atoms with Gasteiger partial charge < -0.3 is 10.2 Å². The third-order valence-corrected chi connectivity index (χ3v) is 3.67. The van der Waals surface area contributed by atoms with Crippen molar-refractivity contribution in [2.24, 2.45) is 5.92 Å². The van der Waals surface area contributed by atoms with E-state index in [1.807, 2.05) is 12.4 Å². The molecule has 1 aliphatic heterocycles. The number of rotatable bonds is 2. The van der Waals surface area contributed by atoms with Crippen LogP contribution in [0.4, 0.5) is 5.69 Å². The van der Waals surface area contributed by atoms with Crippen molar-refractivity contribution in [3.63, 3.8) is 0 Å². The number of nitrogens with one attached hydrogen (secondary N) is 1. The van der Waals surface area contributed by atoms with E-state index in [0.29, 0.717) is 12.1 Å². The van der Waals surface area contributed by atoms with Crippen LogP contribution in [0.2, 0.25) is 0 Å². The zero-order valence-electron chi connectivity index (χ0n) is 9.63. The van der Waals surface area contributed by atoms with Crippen molar-refractivity contribution in [2.45, 2.75) is 31.8 Å². The number of nitrogens with zero attached hydrogens (tertiary/aromatic N) is 3. The summed E-state index contributed by atoms with van der Waals surface area (Å²) in [6.07, 6.45) is 8.21.